The summed E-state index contributed by atoms with van der Waals surface area (Å²) < 4.78 is 2.33. The van der Waals surface area contributed by atoms with E-state index in [9.17, 15) is 0 Å². The molecule has 0 amide bonds. The van der Waals surface area contributed by atoms with Crippen LogP contribution in [0.1, 0.15) is 42.9 Å². The molecule has 1 aliphatic carbocycles. The van der Waals surface area contributed by atoms with Gasteiger partial charge < -0.3 is 0 Å². The zero-order valence-corrected chi connectivity index (χ0v) is 15.4. The predicted molar refractivity (Wildman–Crippen MR) is 97.3 cm³/mol. The van der Waals surface area contributed by atoms with E-state index in [1.165, 1.54) is 22.7 Å². The largest absolute Gasteiger partial charge is 0.298 e. The van der Waals surface area contributed by atoms with Gasteiger partial charge in [-0.15, -0.1) is 32.9 Å². The molecule has 0 N–H and O–H groups in total. The molecule has 0 radical (unpaired) electrons. The molecule has 1 saturated carbocycles. The lowest BCUT2D eigenvalue weighted by Crippen LogP contribution is -1.99. The van der Waals surface area contributed by atoms with Gasteiger partial charge in [-0.2, -0.15) is 0 Å². The van der Waals surface area contributed by atoms with Gasteiger partial charge in [0.05, 0.1) is 15.6 Å². The topological polar surface area (TPSA) is 43.6 Å². The lowest BCUT2D eigenvalue weighted by atomic mass is 10.3. The minimum absolute atomic E-state index is 0.579. The molecule has 0 aromatic carbocycles. The quantitative estimate of drug-likeness (QED) is 0.552. The lowest BCUT2D eigenvalue weighted by molar-refractivity contribution is 0.670. The lowest BCUT2D eigenvalue weighted by Gasteiger charge is -2.06. The standard InChI is InChI=1S/C16H18N4S3/c1-2-4-14-17-11(9-22-14)10-23-16-19-18-15(13-5-3-8-21-13)20(16)12-6-7-12/h3,5,8-9,12H,2,4,6-7,10H2,1H3. The maximum atomic E-state index is 4.70. The zero-order chi connectivity index (χ0) is 15.6. The average Bonchev–Trinajstić information content (AvgIpc) is 2.97. The molecule has 0 spiro atoms. The van der Waals surface area contributed by atoms with Crippen molar-refractivity contribution in [2.24, 2.45) is 0 Å². The molecule has 1 aliphatic rings. The molecule has 0 unspecified atom stereocenters. The van der Waals surface area contributed by atoms with Crippen LogP contribution in [0.15, 0.2) is 28.0 Å². The molecule has 4 nitrogen and oxygen atoms in total. The van der Waals surface area contributed by atoms with E-state index in [4.69, 9.17) is 4.98 Å². The van der Waals surface area contributed by atoms with E-state index in [1.54, 1.807) is 34.4 Å². The minimum atomic E-state index is 0.579. The maximum Gasteiger partial charge on any atom is 0.192 e. The number of nitrogens with zero attached hydrogens (tertiary/aromatic N) is 4. The number of hydrogen-bond acceptors (Lipinski definition) is 6. The molecule has 120 valence electrons. The third kappa shape index (κ3) is 3.36. The Hall–Kier alpha value is -1.18. The fourth-order valence-electron chi connectivity index (χ4n) is 2.49. The van der Waals surface area contributed by atoms with Gasteiger partial charge in [-0.1, -0.05) is 24.8 Å². The fourth-order valence-corrected chi connectivity index (χ4v) is 5.10. The first-order chi connectivity index (χ1) is 11.3. The maximum absolute atomic E-state index is 4.70. The molecule has 4 rings (SSSR count). The van der Waals surface area contributed by atoms with E-state index in [0.717, 1.165) is 35.3 Å². The Kier molecular flexibility index (Phi) is 4.50. The van der Waals surface area contributed by atoms with Crippen LogP contribution in [0.3, 0.4) is 0 Å². The van der Waals surface area contributed by atoms with Gasteiger partial charge in [0.1, 0.15) is 0 Å². The summed E-state index contributed by atoms with van der Waals surface area (Å²) in [4.78, 5) is 5.91. The van der Waals surface area contributed by atoms with Gasteiger partial charge >= 0.3 is 0 Å². The van der Waals surface area contributed by atoms with Gasteiger partial charge in [0, 0.05) is 17.2 Å². The van der Waals surface area contributed by atoms with Crippen LogP contribution in [0.2, 0.25) is 0 Å². The Morgan fingerprint density at radius 2 is 2.22 bits per heavy atom. The van der Waals surface area contributed by atoms with Crippen LogP contribution in [-0.4, -0.2) is 19.7 Å². The second-order valence-electron chi connectivity index (χ2n) is 5.66. The molecule has 0 aliphatic heterocycles. The van der Waals surface area contributed by atoms with Gasteiger partial charge in [-0.3, -0.25) is 4.57 Å². The molecule has 7 heteroatoms. The summed E-state index contributed by atoms with van der Waals surface area (Å²) in [6, 6.07) is 4.78. The van der Waals surface area contributed by atoms with Crippen LogP contribution < -0.4 is 0 Å². The molecular weight excluding hydrogens is 344 g/mol. The summed E-state index contributed by atoms with van der Waals surface area (Å²) in [5.41, 5.74) is 1.16. The normalized spacial score (nSPS) is 14.5. The number of rotatable bonds is 7. The summed E-state index contributed by atoms with van der Waals surface area (Å²) in [5, 5.41) is 15.4. The minimum Gasteiger partial charge on any atom is -0.298 e. The third-order valence-electron chi connectivity index (χ3n) is 3.73. The summed E-state index contributed by atoms with van der Waals surface area (Å²) >= 11 is 5.25. The van der Waals surface area contributed by atoms with E-state index in [-0.39, 0.29) is 0 Å². The number of aryl methyl sites for hydroxylation is 1. The molecule has 1 fully saturated rings. The molecule has 0 saturated heterocycles. The van der Waals surface area contributed by atoms with Crippen molar-refractivity contribution in [3.05, 3.63) is 33.6 Å². The van der Waals surface area contributed by atoms with Crippen LogP contribution in [0.5, 0.6) is 0 Å². The van der Waals surface area contributed by atoms with Crippen molar-refractivity contribution >= 4 is 34.4 Å². The Morgan fingerprint density at radius 1 is 1.30 bits per heavy atom. The number of hydrogen-bond donors (Lipinski definition) is 0. The Balaban J connectivity index is 1.52. The SMILES string of the molecule is CCCc1nc(CSc2nnc(-c3cccs3)n2C2CC2)cs1. The highest BCUT2D eigenvalue weighted by atomic mass is 32.2. The fraction of sp³-hybridized carbons (Fsp3) is 0.438. The van der Waals surface area contributed by atoms with Crippen LogP contribution in [0, 0.1) is 0 Å². The van der Waals surface area contributed by atoms with Gasteiger partial charge in [-0.05, 0) is 37.1 Å². The summed E-state index contributed by atoms with van der Waals surface area (Å²) in [5.74, 6) is 1.89. The average molecular weight is 363 g/mol. The summed E-state index contributed by atoms with van der Waals surface area (Å²) in [6.45, 7) is 2.19. The van der Waals surface area contributed by atoms with Gasteiger partial charge in [0.2, 0.25) is 0 Å². The van der Waals surface area contributed by atoms with Crippen LogP contribution >= 0.6 is 34.4 Å². The molecule has 0 bridgehead atoms. The van der Waals surface area contributed by atoms with Crippen molar-refractivity contribution < 1.29 is 0 Å². The van der Waals surface area contributed by atoms with Crippen LogP contribution in [0.4, 0.5) is 0 Å². The van der Waals surface area contributed by atoms with Gasteiger partial charge in [0.15, 0.2) is 11.0 Å². The Labute approximate surface area is 148 Å². The first-order valence-corrected chi connectivity index (χ1v) is 10.6. The number of thiazole rings is 1. The molecule has 3 aromatic rings. The van der Waals surface area contributed by atoms with Crippen LogP contribution in [-0.2, 0) is 12.2 Å². The molecule has 0 atom stereocenters. The van der Waals surface area contributed by atoms with Gasteiger partial charge in [-0.25, -0.2) is 4.98 Å². The molecule has 3 heterocycles. The zero-order valence-electron chi connectivity index (χ0n) is 12.9. The van der Waals surface area contributed by atoms with Crippen LogP contribution in [0.25, 0.3) is 10.7 Å². The predicted octanol–water partition coefficient (Wildman–Crippen LogP) is 5.04. The smallest absolute Gasteiger partial charge is 0.192 e. The number of thiophene rings is 1. The molecule has 23 heavy (non-hydrogen) atoms. The highest BCUT2D eigenvalue weighted by Crippen LogP contribution is 2.42. The van der Waals surface area contributed by atoms with Crippen molar-refractivity contribution in [2.75, 3.05) is 0 Å². The van der Waals surface area contributed by atoms with Crippen molar-refractivity contribution in [1.29, 1.82) is 0 Å². The summed E-state index contributed by atoms with van der Waals surface area (Å²) in [6.07, 6.45) is 4.71. The highest BCUT2D eigenvalue weighted by Gasteiger charge is 2.30. The van der Waals surface area contributed by atoms with Crippen molar-refractivity contribution in [3.8, 4) is 10.7 Å². The molecule has 3 aromatic heterocycles. The van der Waals surface area contributed by atoms with E-state index >= 15 is 0 Å². The van der Waals surface area contributed by atoms with E-state index in [1.807, 2.05) is 0 Å². The first-order valence-electron chi connectivity index (χ1n) is 7.90. The highest BCUT2D eigenvalue weighted by molar-refractivity contribution is 7.98. The van der Waals surface area contributed by atoms with Gasteiger partial charge in [0.25, 0.3) is 0 Å². The van der Waals surface area contributed by atoms with Crippen molar-refractivity contribution in [2.45, 2.75) is 49.6 Å². The molecular formula is C16H18N4S3. The van der Waals surface area contributed by atoms with E-state index < -0.39 is 0 Å². The Morgan fingerprint density at radius 3 is 2.96 bits per heavy atom. The monoisotopic (exact) mass is 362 g/mol. The van der Waals surface area contributed by atoms with Crippen molar-refractivity contribution in [3.63, 3.8) is 0 Å². The van der Waals surface area contributed by atoms with Crippen molar-refractivity contribution in [1.82, 2.24) is 19.7 Å². The van der Waals surface area contributed by atoms with E-state index in [0.29, 0.717) is 6.04 Å². The number of thioether (sulfide) groups is 1. The number of aromatic nitrogens is 4. The Bertz CT molecular complexity index is 771. The third-order valence-corrected chi connectivity index (χ3v) is 6.53. The second kappa shape index (κ2) is 6.75. The second-order valence-corrected chi connectivity index (χ2v) is 8.49. The first kappa shape index (κ1) is 15.4. The van der Waals surface area contributed by atoms with E-state index in [2.05, 4.69) is 44.6 Å². The summed E-state index contributed by atoms with van der Waals surface area (Å²) in [7, 11) is 0.